The highest BCUT2D eigenvalue weighted by molar-refractivity contribution is 7.98. The molecule has 1 amide bonds. The Labute approximate surface area is 236 Å². The van der Waals surface area contributed by atoms with Crippen LogP contribution in [0.25, 0.3) is 5.69 Å². The number of nitrogens with one attached hydrogen (secondary N) is 1. The minimum absolute atomic E-state index is 0.00938. The lowest BCUT2D eigenvalue weighted by atomic mass is 10.1. The highest BCUT2D eigenvalue weighted by Gasteiger charge is 2.30. The highest BCUT2D eigenvalue weighted by Crippen LogP contribution is 2.33. The van der Waals surface area contributed by atoms with E-state index in [0.717, 1.165) is 12.1 Å². The van der Waals surface area contributed by atoms with Crippen molar-refractivity contribution in [2.45, 2.75) is 23.6 Å². The van der Waals surface area contributed by atoms with E-state index >= 15 is 0 Å². The normalized spacial score (nSPS) is 11.4. The second-order valence-corrected chi connectivity index (χ2v) is 9.83. The molecular formula is C26H21Cl2F3N4O3S. The molecule has 0 unspecified atom stereocenters. The number of hydrogen-bond acceptors (Lipinski definition) is 6. The first-order chi connectivity index (χ1) is 18.6. The van der Waals surface area contributed by atoms with Crippen molar-refractivity contribution >= 4 is 40.9 Å². The number of aromatic nitrogens is 3. The molecule has 0 saturated heterocycles. The maximum atomic E-state index is 13.1. The number of ether oxygens (including phenoxy) is 2. The Bertz CT molecular complexity index is 1500. The molecule has 0 spiro atoms. The topological polar surface area (TPSA) is 78.3 Å². The van der Waals surface area contributed by atoms with Gasteiger partial charge in [-0.15, -0.1) is 10.2 Å². The van der Waals surface area contributed by atoms with Gasteiger partial charge >= 0.3 is 6.18 Å². The number of rotatable bonds is 9. The summed E-state index contributed by atoms with van der Waals surface area (Å²) in [7, 11) is 2.97. The summed E-state index contributed by atoms with van der Waals surface area (Å²) in [4.78, 5) is 12.9. The zero-order chi connectivity index (χ0) is 28.2. The van der Waals surface area contributed by atoms with Gasteiger partial charge in [0.1, 0.15) is 0 Å². The number of methoxy groups -OCH3 is 2. The summed E-state index contributed by atoms with van der Waals surface area (Å²) in [6.45, 7) is -0.00938. The predicted octanol–water partition coefficient (Wildman–Crippen LogP) is 6.83. The molecule has 0 bridgehead atoms. The lowest BCUT2D eigenvalue weighted by Gasteiger charge is -2.13. The van der Waals surface area contributed by atoms with E-state index in [2.05, 4.69) is 15.5 Å². The van der Waals surface area contributed by atoms with Crippen molar-refractivity contribution in [2.24, 2.45) is 0 Å². The molecule has 0 fully saturated rings. The van der Waals surface area contributed by atoms with Crippen LogP contribution in [0.1, 0.15) is 27.3 Å². The van der Waals surface area contributed by atoms with Crippen molar-refractivity contribution in [3.8, 4) is 17.2 Å². The van der Waals surface area contributed by atoms with Gasteiger partial charge in [-0.2, -0.15) is 13.2 Å². The second-order valence-electron chi connectivity index (χ2n) is 8.07. The van der Waals surface area contributed by atoms with Gasteiger partial charge in [-0.25, -0.2) is 0 Å². The molecule has 0 aliphatic carbocycles. The van der Waals surface area contributed by atoms with Crippen molar-refractivity contribution < 1.29 is 27.4 Å². The molecule has 0 radical (unpaired) electrons. The van der Waals surface area contributed by atoms with Crippen LogP contribution in [-0.4, -0.2) is 34.9 Å². The van der Waals surface area contributed by atoms with Crippen LogP contribution in [0.5, 0.6) is 11.5 Å². The molecular weight excluding hydrogens is 576 g/mol. The van der Waals surface area contributed by atoms with E-state index in [9.17, 15) is 18.0 Å². The van der Waals surface area contributed by atoms with E-state index in [0.29, 0.717) is 44.3 Å². The quantitative estimate of drug-likeness (QED) is 0.213. The molecule has 1 aromatic heterocycles. The second kappa shape index (κ2) is 12.2. The number of alkyl halides is 3. The Balaban J connectivity index is 1.59. The van der Waals surface area contributed by atoms with Crippen LogP contribution in [0.3, 0.4) is 0 Å². The van der Waals surface area contributed by atoms with E-state index < -0.39 is 17.6 Å². The van der Waals surface area contributed by atoms with E-state index in [4.69, 9.17) is 32.7 Å². The molecule has 0 aliphatic heterocycles. The van der Waals surface area contributed by atoms with Crippen LogP contribution >= 0.6 is 35.0 Å². The summed E-state index contributed by atoms with van der Waals surface area (Å²) in [6.07, 6.45) is -4.44. The lowest BCUT2D eigenvalue weighted by molar-refractivity contribution is -0.137. The van der Waals surface area contributed by atoms with E-state index in [1.54, 1.807) is 47.0 Å². The molecule has 4 aromatic rings. The number of halogens is 5. The van der Waals surface area contributed by atoms with Gasteiger partial charge < -0.3 is 14.8 Å². The van der Waals surface area contributed by atoms with Crippen LogP contribution in [0, 0.1) is 0 Å². The average molecular weight is 597 g/mol. The minimum Gasteiger partial charge on any atom is -0.493 e. The van der Waals surface area contributed by atoms with Gasteiger partial charge in [-0.05, 0) is 48.0 Å². The molecule has 4 rings (SSSR count). The Kier molecular flexibility index (Phi) is 8.94. The summed E-state index contributed by atoms with van der Waals surface area (Å²) in [5.74, 6) is 1.06. The van der Waals surface area contributed by atoms with Crippen LogP contribution in [-0.2, 0) is 18.5 Å². The summed E-state index contributed by atoms with van der Waals surface area (Å²) < 4.78 is 51.5. The van der Waals surface area contributed by atoms with Gasteiger partial charge in [-0.1, -0.05) is 53.2 Å². The predicted molar refractivity (Wildman–Crippen MR) is 143 cm³/mol. The lowest BCUT2D eigenvalue weighted by Crippen LogP contribution is -2.24. The summed E-state index contributed by atoms with van der Waals surface area (Å²) >= 11 is 13.5. The van der Waals surface area contributed by atoms with Crippen molar-refractivity contribution in [1.29, 1.82) is 0 Å². The van der Waals surface area contributed by atoms with Crippen LogP contribution < -0.4 is 14.8 Å². The molecule has 3 aromatic carbocycles. The Hall–Kier alpha value is -3.41. The number of amides is 1. The Morgan fingerprint density at radius 2 is 1.74 bits per heavy atom. The molecule has 0 aliphatic rings. The third-order valence-corrected chi connectivity index (χ3v) is 7.28. The van der Waals surface area contributed by atoms with Crippen molar-refractivity contribution in [2.75, 3.05) is 14.2 Å². The summed E-state index contributed by atoms with van der Waals surface area (Å²) in [5.41, 5.74) is 0.635. The molecule has 39 heavy (non-hydrogen) atoms. The van der Waals surface area contributed by atoms with Crippen LogP contribution in [0.2, 0.25) is 10.0 Å². The number of benzene rings is 3. The first-order valence-corrected chi connectivity index (χ1v) is 13.0. The Morgan fingerprint density at radius 1 is 0.974 bits per heavy atom. The largest absolute Gasteiger partial charge is 0.493 e. The minimum atomic E-state index is -4.44. The molecule has 0 saturated carbocycles. The molecule has 7 nitrogen and oxygen atoms in total. The highest BCUT2D eigenvalue weighted by atomic mass is 35.5. The van der Waals surface area contributed by atoms with Gasteiger partial charge in [0.05, 0.1) is 42.1 Å². The van der Waals surface area contributed by atoms with E-state index in [-0.39, 0.29) is 17.3 Å². The third kappa shape index (κ3) is 6.78. The molecule has 1 N–H and O–H groups in total. The molecule has 204 valence electrons. The van der Waals surface area contributed by atoms with Gasteiger partial charge in [0, 0.05) is 11.3 Å². The zero-order valence-electron chi connectivity index (χ0n) is 20.6. The van der Waals surface area contributed by atoms with Gasteiger partial charge in [0.25, 0.3) is 5.91 Å². The Morgan fingerprint density at radius 3 is 2.44 bits per heavy atom. The van der Waals surface area contributed by atoms with Crippen molar-refractivity contribution in [3.63, 3.8) is 0 Å². The fraction of sp³-hybridized carbons (Fsp3) is 0.192. The van der Waals surface area contributed by atoms with Gasteiger partial charge in [0.2, 0.25) is 0 Å². The van der Waals surface area contributed by atoms with E-state index in [1.165, 1.54) is 32.0 Å². The summed E-state index contributed by atoms with van der Waals surface area (Å²) in [5, 5.41) is 12.3. The summed E-state index contributed by atoms with van der Waals surface area (Å²) in [6, 6.07) is 14.8. The fourth-order valence-corrected chi connectivity index (χ4v) is 4.82. The number of carbonyl (C=O) groups excluding carboxylic acids is 1. The average Bonchev–Trinajstić information content (AvgIpc) is 3.34. The van der Waals surface area contributed by atoms with Gasteiger partial charge in [-0.3, -0.25) is 9.36 Å². The maximum absolute atomic E-state index is 13.1. The van der Waals surface area contributed by atoms with E-state index in [1.807, 2.05) is 0 Å². The number of carbonyl (C=O) groups is 1. The van der Waals surface area contributed by atoms with Crippen molar-refractivity contribution in [1.82, 2.24) is 20.1 Å². The standard InChI is InChI=1S/C26H21Cl2F3N4O3S/c1-37-21-9-6-16(11-22(21)38-2)24(36)32-13-23-33-34-25(35(23)18-7-8-19(27)20(28)12-18)39-14-15-4-3-5-17(10-15)26(29,30)31/h3-12H,13-14H2,1-2H3,(H,32,36). The molecule has 1 heterocycles. The number of hydrogen-bond donors (Lipinski definition) is 1. The molecule has 0 atom stereocenters. The monoisotopic (exact) mass is 596 g/mol. The smallest absolute Gasteiger partial charge is 0.416 e. The van der Waals surface area contributed by atoms with Crippen LogP contribution in [0.4, 0.5) is 13.2 Å². The van der Waals surface area contributed by atoms with Crippen LogP contribution in [0.15, 0.2) is 65.8 Å². The maximum Gasteiger partial charge on any atom is 0.416 e. The molecule has 13 heteroatoms. The fourth-order valence-electron chi connectivity index (χ4n) is 3.62. The zero-order valence-corrected chi connectivity index (χ0v) is 22.9. The third-order valence-electron chi connectivity index (χ3n) is 5.54. The SMILES string of the molecule is COc1ccc(C(=O)NCc2nnc(SCc3cccc(C(F)(F)F)c3)n2-c2ccc(Cl)c(Cl)c2)cc1OC. The first kappa shape index (κ1) is 28.6. The number of thioether (sulfide) groups is 1. The number of nitrogens with zero attached hydrogens (tertiary/aromatic N) is 3. The van der Waals surface area contributed by atoms with Crippen molar-refractivity contribution in [3.05, 3.63) is 93.2 Å². The van der Waals surface area contributed by atoms with Gasteiger partial charge in [0.15, 0.2) is 22.5 Å². The first-order valence-electron chi connectivity index (χ1n) is 11.3.